The normalized spacial score (nSPS) is 26.0. The second-order valence-electron chi connectivity index (χ2n) is 10.9. The summed E-state index contributed by atoms with van der Waals surface area (Å²) in [6.07, 6.45) is 3.77. The molecule has 1 aliphatic rings. The van der Waals surface area contributed by atoms with Gasteiger partial charge in [0.05, 0.1) is 18.8 Å². The van der Waals surface area contributed by atoms with Gasteiger partial charge in [-0.05, 0) is 49.1 Å². The van der Waals surface area contributed by atoms with Crippen LogP contribution >= 0.6 is 0 Å². The second-order valence-corrected chi connectivity index (χ2v) is 20.5. The molecule has 0 aliphatic carbocycles. The molecule has 1 saturated heterocycles. The lowest BCUT2D eigenvalue weighted by Gasteiger charge is -2.46. The smallest absolute Gasteiger partial charge is 0.192 e. The number of hydrogen-bond donors (Lipinski definition) is 1. The number of carbonyl (C=O) groups is 1. The van der Waals surface area contributed by atoms with Gasteiger partial charge < -0.3 is 19.0 Å². The fraction of sp³-hybridized carbons (Fsp3) is 0.950. The number of aldehydes is 1. The Labute approximate surface area is 164 Å². The molecule has 0 amide bonds. The third-order valence-corrected chi connectivity index (χ3v) is 15.8. The summed E-state index contributed by atoms with van der Waals surface area (Å²) >= 11 is 0. The van der Waals surface area contributed by atoms with E-state index in [4.69, 9.17) is 8.85 Å². The number of hydrogen-bond acceptors (Lipinski definition) is 4. The fourth-order valence-electron chi connectivity index (χ4n) is 2.73. The minimum Gasteiger partial charge on any atom is -0.415 e. The van der Waals surface area contributed by atoms with E-state index in [9.17, 15) is 4.79 Å². The quantitative estimate of drug-likeness (QED) is 0.476. The molecule has 154 valence electrons. The molecule has 0 radical (unpaired) electrons. The average molecular weight is 402 g/mol. The first-order chi connectivity index (χ1) is 11.6. The summed E-state index contributed by atoms with van der Waals surface area (Å²) in [6, 6.07) is 0.414. The van der Waals surface area contributed by atoms with Crippen LogP contribution in [-0.4, -0.2) is 47.7 Å². The van der Waals surface area contributed by atoms with Crippen LogP contribution in [0.1, 0.15) is 60.8 Å². The Hall–Kier alpha value is -0.0162. The molecule has 0 aromatic rings. The highest BCUT2D eigenvalue weighted by atomic mass is 28.4. The molecule has 26 heavy (non-hydrogen) atoms. The van der Waals surface area contributed by atoms with Gasteiger partial charge in [0.1, 0.15) is 6.29 Å². The predicted octanol–water partition coefficient (Wildman–Crippen LogP) is 5.11. The molecule has 0 aromatic carbocycles. The van der Waals surface area contributed by atoms with E-state index in [2.05, 4.69) is 73.0 Å². The lowest BCUT2D eigenvalue weighted by atomic mass is 9.95. The first-order valence-corrected chi connectivity index (χ1v) is 15.9. The van der Waals surface area contributed by atoms with Crippen molar-refractivity contribution >= 4 is 22.9 Å². The molecule has 0 bridgehead atoms. The molecular formula is C20H43NO3Si2. The monoisotopic (exact) mass is 401 g/mol. The van der Waals surface area contributed by atoms with Crippen molar-refractivity contribution < 1.29 is 13.6 Å². The summed E-state index contributed by atoms with van der Waals surface area (Å²) in [5, 5.41) is 4.05. The lowest BCUT2D eigenvalue weighted by molar-refractivity contribution is -0.108. The van der Waals surface area contributed by atoms with E-state index in [0.717, 1.165) is 19.1 Å². The molecule has 1 rings (SSSR count). The largest absolute Gasteiger partial charge is 0.415 e. The van der Waals surface area contributed by atoms with Gasteiger partial charge in [0.15, 0.2) is 16.6 Å². The van der Waals surface area contributed by atoms with Crippen molar-refractivity contribution in [1.29, 1.82) is 0 Å². The van der Waals surface area contributed by atoms with E-state index in [1.165, 1.54) is 0 Å². The number of carbonyl (C=O) groups excluding carboxylic acids is 1. The van der Waals surface area contributed by atoms with Crippen LogP contribution in [0.3, 0.4) is 0 Å². The lowest BCUT2D eigenvalue weighted by Crippen LogP contribution is -2.58. The van der Waals surface area contributed by atoms with Crippen LogP contribution < -0.4 is 5.32 Å². The molecule has 0 saturated carbocycles. The molecule has 6 heteroatoms. The highest BCUT2D eigenvalue weighted by Gasteiger charge is 2.43. The van der Waals surface area contributed by atoms with Crippen LogP contribution in [0.25, 0.3) is 0 Å². The summed E-state index contributed by atoms with van der Waals surface area (Å²) in [5.74, 6) is 0. The van der Waals surface area contributed by atoms with E-state index in [0.29, 0.717) is 13.0 Å². The Morgan fingerprint density at radius 2 is 1.50 bits per heavy atom. The van der Waals surface area contributed by atoms with Gasteiger partial charge in [-0.2, -0.15) is 0 Å². The van der Waals surface area contributed by atoms with Gasteiger partial charge in [0.25, 0.3) is 0 Å². The highest BCUT2D eigenvalue weighted by molar-refractivity contribution is 6.74. The maximum absolute atomic E-state index is 11.0. The SMILES string of the molecule is CC(C)(C)[Si](C)(C)OC[C@H]1N[C@@H](CC=O)CC[C@@H]1O[Si](C)(C)C(C)(C)C. The van der Waals surface area contributed by atoms with E-state index in [1.807, 2.05) is 0 Å². The molecule has 4 nitrogen and oxygen atoms in total. The summed E-state index contributed by atoms with van der Waals surface area (Å²) in [7, 11) is -3.65. The number of piperidine rings is 1. The third kappa shape index (κ3) is 6.26. The molecule has 3 atom stereocenters. The van der Waals surface area contributed by atoms with Gasteiger partial charge in [-0.15, -0.1) is 0 Å². The molecule has 0 unspecified atom stereocenters. The minimum atomic E-state index is -1.84. The van der Waals surface area contributed by atoms with Crippen molar-refractivity contribution in [3.63, 3.8) is 0 Å². The van der Waals surface area contributed by atoms with E-state index >= 15 is 0 Å². The van der Waals surface area contributed by atoms with E-state index in [1.54, 1.807) is 0 Å². The van der Waals surface area contributed by atoms with Gasteiger partial charge >= 0.3 is 0 Å². The summed E-state index contributed by atoms with van der Waals surface area (Å²) in [5.41, 5.74) is 0. The summed E-state index contributed by atoms with van der Waals surface area (Å²) in [6.45, 7) is 23.6. The predicted molar refractivity (Wildman–Crippen MR) is 116 cm³/mol. The van der Waals surface area contributed by atoms with Crippen molar-refractivity contribution in [3.05, 3.63) is 0 Å². The first-order valence-electron chi connectivity index (χ1n) is 10.1. The standard InChI is InChI=1S/C20H43NO3Si2/c1-19(2,3)25(7,8)23-15-17-18(12-11-16(21-17)13-14-22)24-26(9,10)20(4,5)6/h14,16-18,21H,11-13,15H2,1-10H3/t16-,17-,18+/m1/s1. The zero-order valence-electron chi connectivity index (χ0n) is 18.9. The molecule has 1 N–H and O–H groups in total. The Morgan fingerprint density at radius 1 is 0.962 bits per heavy atom. The Balaban J connectivity index is 2.89. The first kappa shape index (κ1) is 24.0. The second kappa shape index (κ2) is 8.56. The van der Waals surface area contributed by atoms with Gasteiger partial charge in [-0.1, -0.05) is 41.5 Å². The van der Waals surface area contributed by atoms with Crippen LogP contribution in [-0.2, 0) is 13.6 Å². The van der Waals surface area contributed by atoms with Gasteiger partial charge in [0.2, 0.25) is 0 Å². The highest BCUT2D eigenvalue weighted by Crippen LogP contribution is 2.40. The Bertz CT molecular complexity index is 467. The Kier molecular flexibility index (Phi) is 7.91. The zero-order valence-corrected chi connectivity index (χ0v) is 20.9. The van der Waals surface area contributed by atoms with Crippen LogP contribution in [0.15, 0.2) is 0 Å². The van der Waals surface area contributed by atoms with Gasteiger partial charge in [-0.25, -0.2) is 0 Å². The Morgan fingerprint density at radius 3 is 1.96 bits per heavy atom. The van der Waals surface area contributed by atoms with Crippen LogP contribution in [0.5, 0.6) is 0 Å². The van der Waals surface area contributed by atoms with Crippen LogP contribution in [0.4, 0.5) is 0 Å². The van der Waals surface area contributed by atoms with Crippen molar-refractivity contribution in [2.45, 2.75) is 115 Å². The molecule has 0 spiro atoms. The van der Waals surface area contributed by atoms with Gasteiger partial charge in [-0.3, -0.25) is 0 Å². The van der Waals surface area contributed by atoms with E-state index in [-0.39, 0.29) is 28.3 Å². The maximum Gasteiger partial charge on any atom is 0.192 e. The summed E-state index contributed by atoms with van der Waals surface area (Å²) in [4.78, 5) is 11.0. The van der Waals surface area contributed by atoms with Crippen molar-refractivity contribution in [2.24, 2.45) is 0 Å². The number of nitrogens with one attached hydrogen (secondary N) is 1. The topological polar surface area (TPSA) is 47.6 Å². The molecule has 1 heterocycles. The fourth-order valence-corrected chi connectivity index (χ4v) is 5.15. The van der Waals surface area contributed by atoms with Crippen LogP contribution in [0.2, 0.25) is 36.3 Å². The van der Waals surface area contributed by atoms with Crippen molar-refractivity contribution in [2.75, 3.05) is 6.61 Å². The zero-order chi connectivity index (χ0) is 20.4. The van der Waals surface area contributed by atoms with Crippen molar-refractivity contribution in [3.8, 4) is 0 Å². The summed E-state index contributed by atoms with van der Waals surface area (Å²) < 4.78 is 13.3. The maximum atomic E-state index is 11.0. The third-order valence-electron chi connectivity index (χ3n) is 6.76. The van der Waals surface area contributed by atoms with Crippen molar-refractivity contribution in [1.82, 2.24) is 5.32 Å². The minimum absolute atomic E-state index is 0.164. The molecular weight excluding hydrogens is 358 g/mol. The average Bonchev–Trinajstić information content (AvgIpc) is 2.45. The number of rotatable bonds is 7. The molecule has 0 aromatic heterocycles. The van der Waals surface area contributed by atoms with Crippen LogP contribution in [0, 0.1) is 0 Å². The van der Waals surface area contributed by atoms with E-state index < -0.39 is 16.6 Å². The van der Waals surface area contributed by atoms with Gasteiger partial charge in [0, 0.05) is 12.5 Å². The molecule has 1 fully saturated rings. The molecule has 1 aliphatic heterocycles.